The standard InChI is InChI=1S/C31H33N5O4S/c1-17(2)27(36-15-25-22(13-32)6-5-7-24(25)30(36)39)31(40)35-14-23(37)12-26(35)29(38)34-18(3)20-8-10-21(11-9-20)28-19(4)33-16-41-28/h5-11,16-18,23,26-27,37H,12,14-15H2,1-4H3,(H,34,38)/t18-,23+,26-,27-/m0/s1. The summed E-state index contributed by atoms with van der Waals surface area (Å²) in [7, 11) is 0. The lowest BCUT2D eigenvalue weighted by molar-refractivity contribution is -0.143. The Hall–Kier alpha value is -4.07. The zero-order valence-corrected chi connectivity index (χ0v) is 24.3. The predicted octanol–water partition coefficient (Wildman–Crippen LogP) is 3.81. The summed E-state index contributed by atoms with van der Waals surface area (Å²) in [5.41, 5.74) is 6.20. The number of carbonyl (C=O) groups excluding carboxylic acids is 3. The molecular formula is C31H33N5O4S. The number of amides is 3. The number of hydrogen-bond acceptors (Lipinski definition) is 7. The summed E-state index contributed by atoms with van der Waals surface area (Å²) in [6, 6.07) is 13.0. The van der Waals surface area contributed by atoms with Crippen molar-refractivity contribution in [3.8, 4) is 16.5 Å². The Morgan fingerprint density at radius 1 is 1.17 bits per heavy atom. The zero-order valence-electron chi connectivity index (χ0n) is 23.5. The Bertz CT molecular complexity index is 1530. The third-order valence-corrected chi connectivity index (χ3v) is 8.96. The van der Waals surface area contributed by atoms with Crippen LogP contribution in [0.3, 0.4) is 0 Å². The van der Waals surface area contributed by atoms with Crippen LogP contribution >= 0.6 is 11.3 Å². The normalized spacial score (nSPS) is 19.7. The fourth-order valence-corrected chi connectivity index (χ4v) is 6.64. The summed E-state index contributed by atoms with van der Waals surface area (Å²) in [5, 5.41) is 23.1. The largest absolute Gasteiger partial charge is 0.391 e. The minimum absolute atomic E-state index is 0.00976. The molecular weight excluding hydrogens is 538 g/mol. The van der Waals surface area contributed by atoms with Gasteiger partial charge < -0.3 is 20.2 Å². The first-order chi connectivity index (χ1) is 19.6. The van der Waals surface area contributed by atoms with Gasteiger partial charge in [-0.2, -0.15) is 5.26 Å². The number of nitriles is 1. The van der Waals surface area contributed by atoms with Crippen LogP contribution in [-0.2, 0) is 16.1 Å². The number of aromatic nitrogens is 1. The lowest BCUT2D eigenvalue weighted by Crippen LogP contribution is -2.55. The molecule has 0 radical (unpaired) electrons. The summed E-state index contributed by atoms with van der Waals surface area (Å²) in [5.74, 6) is -1.30. The summed E-state index contributed by atoms with van der Waals surface area (Å²) >= 11 is 1.58. The molecule has 41 heavy (non-hydrogen) atoms. The number of hydrogen-bond donors (Lipinski definition) is 2. The number of fused-ring (bicyclic) bond motifs is 1. The van der Waals surface area contributed by atoms with E-state index in [0.29, 0.717) is 16.7 Å². The Morgan fingerprint density at radius 3 is 2.54 bits per heavy atom. The topological polar surface area (TPSA) is 127 Å². The maximum absolute atomic E-state index is 14.0. The van der Waals surface area contributed by atoms with Crippen molar-refractivity contribution in [2.75, 3.05) is 6.54 Å². The fraction of sp³-hybridized carbons (Fsp3) is 0.387. The molecule has 3 amide bonds. The van der Waals surface area contributed by atoms with Crippen molar-refractivity contribution in [2.45, 2.75) is 64.9 Å². The second kappa shape index (κ2) is 11.4. The van der Waals surface area contributed by atoms with E-state index in [1.807, 2.05) is 57.5 Å². The third kappa shape index (κ3) is 5.35. The molecule has 0 spiro atoms. The smallest absolute Gasteiger partial charge is 0.255 e. The lowest BCUT2D eigenvalue weighted by Gasteiger charge is -2.35. The number of aryl methyl sites for hydroxylation is 1. The molecule has 1 aromatic heterocycles. The molecule has 212 valence electrons. The van der Waals surface area contributed by atoms with E-state index in [2.05, 4.69) is 16.4 Å². The number of carbonyl (C=O) groups is 3. The fourth-order valence-electron chi connectivity index (χ4n) is 5.83. The highest BCUT2D eigenvalue weighted by Crippen LogP contribution is 2.32. The van der Waals surface area contributed by atoms with Crippen LogP contribution in [0.15, 0.2) is 48.0 Å². The average molecular weight is 572 g/mol. The van der Waals surface area contributed by atoms with Crippen molar-refractivity contribution >= 4 is 29.1 Å². The number of rotatable bonds is 7. The van der Waals surface area contributed by atoms with E-state index in [0.717, 1.165) is 21.7 Å². The maximum Gasteiger partial charge on any atom is 0.255 e. The SMILES string of the molecule is Cc1ncsc1-c1ccc([C@H](C)NC(=O)[C@@H]2C[C@@H](O)CN2C(=O)[C@H](C(C)C)N2Cc3c(C#N)cccc3C2=O)cc1. The number of benzene rings is 2. The Balaban J connectivity index is 1.32. The number of aliphatic hydroxyl groups is 1. The number of thiazole rings is 1. The molecule has 3 aromatic rings. The van der Waals surface area contributed by atoms with Crippen molar-refractivity contribution in [3.63, 3.8) is 0 Å². The van der Waals surface area contributed by atoms with Crippen LogP contribution in [0.1, 0.15) is 66.0 Å². The Morgan fingerprint density at radius 2 is 1.90 bits per heavy atom. The van der Waals surface area contributed by atoms with E-state index in [-0.39, 0.29) is 49.2 Å². The molecule has 9 nitrogen and oxygen atoms in total. The zero-order chi connectivity index (χ0) is 29.4. The number of aliphatic hydroxyl groups excluding tert-OH is 1. The minimum atomic E-state index is -0.866. The molecule has 5 rings (SSSR count). The van der Waals surface area contributed by atoms with Gasteiger partial charge in [-0.15, -0.1) is 11.3 Å². The second-order valence-corrected chi connectivity index (χ2v) is 11.9. The van der Waals surface area contributed by atoms with Gasteiger partial charge in [-0.3, -0.25) is 14.4 Å². The van der Waals surface area contributed by atoms with Crippen LogP contribution in [0.5, 0.6) is 0 Å². The van der Waals surface area contributed by atoms with Gasteiger partial charge in [0, 0.05) is 30.6 Å². The van der Waals surface area contributed by atoms with Crippen LogP contribution in [0.4, 0.5) is 0 Å². The minimum Gasteiger partial charge on any atom is -0.391 e. The van der Waals surface area contributed by atoms with Crippen molar-refractivity contribution in [1.82, 2.24) is 20.1 Å². The van der Waals surface area contributed by atoms with Crippen molar-refractivity contribution in [2.24, 2.45) is 5.92 Å². The van der Waals surface area contributed by atoms with E-state index < -0.39 is 18.2 Å². The molecule has 4 atom stereocenters. The lowest BCUT2D eigenvalue weighted by atomic mass is 10.00. The molecule has 1 fully saturated rings. The molecule has 2 N–H and O–H groups in total. The third-order valence-electron chi connectivity index (χ3n) is 7.98. The van der Waals surface area contributed by atoms with Crippen molar-refractivity contribution in [3.05, 3.63) is 75.9 Å². The van der Waals surface area contributed by atoms with Crippen LogP contribution in [0.2, 0.25) is 0 Å². The highest BCUT2D eigenvalue weighted by Gasteiger charge is 2.46. The van der Waals surface area contributed by atoms with E-state index in [1.165, 1.54) is 9.80 Å². The van der Waals surface area contributed by atoms with Gasteiger partial charge in [0.1, 0.15) is 12.1 Å². The molecule has 10 heteroatoms. The summed E-state index contributed by atoms with van der Waals surface area (Å²) in [6.07, 6.45) is -0.734. The van der Waals surface area contributed by atoms with Crippen LogP contribution in [0.25, 0.3) is 10.4 Å². The summed E-state index contributed by atoms with van der Waals surface area (Å²) < 4.78 is 0. The molecule has 2 aliphatic heterocycles. The van der Waals surface area contributed by atoms with Crippen molar-refractivity contribution < 1.29 is 19.5 Å². The van der Waals surface area contributed by atoms with E-state index in [1.54, 1.807) is 29.5 Å². The summed E-state index contributed by atoms with van der Waals surface area (Å²) in [6.45, 7) is 7.71. The Kier molecular flexibility index (Phi) is 7.93. The van der Waals surface area contributed by atoms with Gasteiger partial charge in [-0.1, -0.05) is 44.2 Å². The highest BCUT2D eigenvalue weighted by molar-refractivity contribution is 7.13. The molecule has 2 aliphatic rings. The number of likely N-dealkylation sites (tertiary alicyclic amines) is 1. The van der Waals surface area contributed by atoms with Gasteiger partial charge >= 0.3 is 0 Å². The van der Waals surface area contributed by atoms with E-state index in [9.17, 15) is 24.8 Å². The monoisotopic (exact) mass is 571 g/mol. The average Bonchev–Trinajstić information content (AvgIpc) is 3.65. The molecule has 0 aliphatic carbocycles. The molecule has 0 unspecified atom stereocenters. The number of nitrogens with zero attached hydrogens (tertiary/aromatic N) is 4. The highest BCUT2D eigenvalue weighted by atomic mass is 32.1. The van der Waals surface area contributed by atoms with Gasteiger partial charge in [-0.25, -0.2) is 4.98 Å². The molecule has 1 saturated heterocycles. The molecule has 0 saturated carbocycles. The molecule has 3 heterocycles. The quantitative estimate of drug-likeness (QED) is 0.444. The first-order valence-electron chi connectivity index (χ1n) is 13.7. The van der Waals surface area contributed by atoms with Crippen LogP contribution < -0.4 is 5.32 Å². The van der Waals surface area contributed by atoms with Gasteiger partial charge in [-0.05, 0) is 43.0 Å². The Labute approximate surface area is 243 Å². The number of β-amino-alcohol motifs (C(OH)–C–C–N with tert-alkyl or cyclic N) is 1. The number of nitrogens with one attached hydrogen (secondary N) is 1. The van der Waals surface area contributed by atoms with Crippen LogP contribution in [0, 0.1) is 24.2 Å². The van der Waals surface area contributed by atoms with Crippen LogP contribution in [-0.4, -0.2) is 62.3 Å². The van der Waals surface area contributed by atoms with Crippen molar-refractivity contribution in [1.29, 1.82) is 5.26 Å². The van der Waals surface area contributed by atoms with Gasteiger partial charge in [0.2, 0.25) is 11.8 Å². The predicted molar refractivity (Wildman–Crippen MR) is 155 cm³/mol. The maximum atomic E-state index is 14.0. The van der Waals surface area contributed by atoms with E-state index >= 15 is 0 Å². The van der Waals surface area contributed by atoms with Gasteiger partial charge in [0.25, 0.3) is 5.91 Å². The van der Waals surface area contributed by atoms with E-state index in [4.69, 9.17) is 0 Å². The first kappa shape index (κ1) is 28.5. The first-order valence-corrected chi connectivity index (χ1v) is 14.6. The molecule has 0 bridgehead atoms. The van der Waals surface area contributed by atoms with Gasteiger partial charge in [0.15, 0.2) is 0 Å². The second-order valence-electron chi connectivity index (χ2n) is 11.1. The van der Waals surface area contributed by atoms with Gasteiger partial charge in [0.05, 0.1) is 39.9 Å². The molecule has 2 aromatic carbocycles. The summed E-state index contributed by atoms with van der Waals surface area (Å²) in [4.78, 5) is 49.1.